The minimum absolute atomic E-state index is 0.318. The van der Waals surface area contributed by atoms with E-state index in [4.69, 9.17) is 9.84 Å². The van der Waals surface area contributed by atoms with E-state index in [1.807, 2.05) is 24.3 Å². The van der Waals surface area contributed by atoms with E-state index in [1.54, 1.807) is 13.8 Å². The highest BCUT2D eigenvalue weighted by atomic mass is 16.5. The van der Waals surface area contributed by atoms with Gasteiger partial charge < -0.3 is 14.9 Å². The third kappa shape index (κ3) is 5.14. The van der Waals surface area contributed by atoms with Crippen LogP contribution in [0.1, 0.15) is 25.8 Å². The Bertz CT molecular complexity index is 291. The summed E-state index contributed by atoms with van der Waals surface area (Å²) >= 11 is 0. The zero-order valence-electron chi connectivity index (χ0n) is 9.89. The van der Waals surface area contributed by atoms with Crippen molar-refractivity contribution >= 4 is 0 Å². The first-order valence-electron chi connectivity index (χ1n) is 5.66. The van der Waals surface area contributed by atoms with Crippen LogP contribution in [0, 0.1) is 0 Å². The Balaban J connectivity index is 2.39. The van der Waals surface area contributed by atoms with Gasteiger partial charge in [-0.05, 0) is 38.0 Å². The van der Waals surface area contributed by atoms with E-state index < -0.39 is 0 Å². The number of aliphatic hydroxyl groups excluding tert-OH is 2. The van der Waals surface area contributed by atoms with Crippen LogP contribution in [-0.4, -0.2) is 29.0 Å². The Kier molecular flexibility index (Phi) is 5.29. The normalized spacial score (nSPS) is 14.5. The lowest BCUT2D eigenvalue weighted by molar-refractivity contribution is 0.155. The van der Waals surface area contributed by atoms with Gasteiger partial charge in [0, 0.05) is 6.42 Å². The van der Waals surface area contributed by atoms with Crippen LogP contribution in [0.15, 0.2) is 24.3 Å². The number of hydrogen-bond acceptors (Lipinski definition) is 3. The van der Waals surface area contributed by atoms with E-state index in [-0.39, 0.29) is 12.2 Å². The highest BCUT2D eigenvalue weighted by Gasteiger charge is 2.00. The molecule has 1 rings (SSSR count). The van der Waals surface area contributed by atoms with Crippen LogP contribution in [0.25, 0.3) is 0 Å². The molecule has 90 valence electrons. The molecule has 0 fully saturated rings. The Morgan fingerprint density at radius 1 is 1.06 bits per heavy atom. The first-order valence-corrected chi connectivity index (χ1v) is 5.66. The van der Waals surface area contributed by atoms with Crippen LogP contribution in [0.5, 0.6) is 5.75 Å². The molecule has 0 aliphatic heterocycles. The van der Waals surface area contributed by atoms with Gasteiger partial charge in [0.05, 0.1) is 18.8 Å². The standard InChI is InChI=1S/C13H20O3/c1-10(14)7-8-16-13-5-3-12(4-6-13)9-11(2)15/h3-6,10-11,14-15H,7-9H2,1-2H3. The molecule has 0 spiro atoms. The summed E-state index contributed by atoms with van der Waals surface area (Å²) < 4.78 is 5.45. The third-order valence-corrected chi connectivity index (χ3v) is 2.26. The maximum Gasteiger partial charge on any atom is 0.119 e. The van der Waals surface area contributed by atoms with Crippen LogP contribution in [0.2, 0.25) is 0 Å². The molecule has 0 amide bonds. The van der Waals surface area contributed by atoms with Crippen molar-refractivity contribution < 1.29 is 14.9 Å². The van der Waals surface area contributed by atoms with Gasteiger partial charge in [0.2, 0.25) is 0 Å². The third-order valence-electron chi connectivity index (χ3n) is 2.26. The van der Waals surface area contributed by atoms with Gasteiger partial charge in [-0.3, -0.25) is 0 Å². The minimum Gasteiger partial charge on any atom is -0.493 e. The summed E-state index contributed by atoms with van der Waals surface area (Å²) in [6.45, 7) is 4.04. The summed E-state index contributed by atoms with van der Waals surface area (Å²) in [5, 5.41) is 18.3. The Morgan fingerprint density at radius 3 is 2.19 bits per heavy atom. The molecule has 0 radical (unpaired) electrons. The van der Waals surface area contributed by atoms with Crippen molar-refractivity contribution in [1.82, 2.24) is 0 Å². The molecule has 0 aliphatic rings. The van der Waals surface area contributed by atoms with Crippen molar-refractivity contribution in [3.8, 4) is 5.75 Å². The number of rotatable bonds is 6. The largest absolute Gasteiger partial charge is 0.493 e. The van der Waals surface area contributed by atoms with Gasteiger partial charge in [0.15, 0.2) is 0 Å². The van der Waals surface area contributed by atoms with Crippen molar-refractivity contribution in [2.24, 2.45) is 0 Å². The summed E-state index contributed by atoms with van der Waals surface area (Å²) in [5.74, 6) is 0.801. The van der Waals surface area contributed by atoms with Gasteiger partial charge in [-0.1, -0.05) is 12.1 Å². The van der Waals surface area contributed by atoms with Crippen molar-refractivity contribution in [2.45, 2.75) is 38.9 Å². The second kappa shape index (κ2) is 6.51. The maximum atomic E-state index is 9.22. The number of hydrogen-bond donors (Lipinski definition) is 2. The highest BCUT2D eigenvalue weighted by Crippen LogP contribution is 2.13. The zero-order chi connectivity index (χ0) is 12.0. The fourth-order valence-electron chi connectivity index (χ4n) is 1.41. The van der Waals surface area contributed by atoms with Crippen LogP contribution < -0.4 is 4.74 Å². The lowest BCUT2D eigenvalue weighted by atomic mass is 10.1. The second-order valence-electron chi connectivity index (χ2n) is 4.18. The number of aliphatic hydroxyl groups is 2. The fourth-order valence-corrected chi connectivity index (χ4v) is 1.41. The van der Waals surface area contributed by atoms with Crippen LogP contribution in [0.3, 0.4) is 0 Å². The first kappa shape index (κ1) is 13.0. The quantitative estimate of drug-likeness (QED) is 0.774. The summed E-state index contributed by atoms with van der Waals surface area (Å²) in [4.78, 5) is 0. The molecular formula is C13H20O3. The summed E-state index contributed by atoms with van der Waals surface area (Å²) in [7, 11) is 0. The smallest absolute Gasteiger partial charge is 0.119 e. The van der Waals surface area contributed by atoms with Gasteiger partial charge in [-0.25, -0.2) is 0 Å². The monoisotopic (exact) mass is 224 g/mol. The van der Waals surface area contributed by atoms with E-state index in [1.165, 1.54) is 0 Å². The summed E-state index contributed by atoms with van der Waals surface area (Å²) in [6, 6.07) is 7.67. The minimum atomic E-state index is -0.325. The highest BCUT2D eigenvalue weighted by molar-refractivity contribution is 5.27. The Morgan fingerprint density at radius 2 is 1.69 bits per heavy atom. The molecular weight excluding hydrogens is 204 g/mol. The van der Waals surface area contributed by atoms with Gasteiger partial charge >= 0.3 is 0 Å². The molecule has 0 saturated carbocycles. The predicted molar refractivity (Wildman–Crippen MR) is 63.6 cm³/mol. The Hall–Kier alpha value is -1.06. The molecule has 3 heteroatoms. The van der Waals surface area contributed by atoms with Gasteiger partial charge in [-0.2, -0.15) is 0 Å². The number of ether oxygens (including phenoxy) is 1. The second-order valence-corrected chi connectivity index (χ2v) is 4.18. The van der Waals surface area contributed by atoms with Crippen molar-refractivity contribution in [3.63, 3.8) is 0 Å². The molecule has 0 saturated heterocycles. The molecule has 0 heterocycles. The Labute approximate surface area is 96.7 Å². The molecule has 3 nitrogen and oxygen atoms in total. The molecule has 1 aromatic rings. The SMILES string of the molecule is CC(O)CCOc1ccc(CC(C)O)cc1. The zero-order valence-corrected chi connectivity index (χ0v) is 9.89. The van der Waals surface area contributed by atoms with Crippen molar-refractivity contribution in [1.29, 1.82) is 0 Å². The van der Waals surface area contributed by atoms with Crippen molar-refractivity contribution in [2.75, 3.05) is 6.61 Å². The molecule has 2 atom stereocenters. The molecule has 0 aliphatic carbocycles. The molecule has 16 heavy (non-hydrogen) atoms. The molecule has 0 aromatic heterocycles. The maximum absolute atomic E-state index is 9.22. The first-order chi connectivity index (χ1) is 7.58. The fraction of sp³-hybridized carbons (Fsp3) is 0.538. The van der Waals surface area contributed by atoms with Crippen LogP contribution in [0.4, 0.5) is 0 Å². The lowest BCUT2D eigenvalue weighted by Crippen LogP contribution is -2.07. The van der Waals surface area contributed by atoms with Crippen LogP contribution >= 0.6 is 0 Å². The van der Waals surface area contributed by atoms with E-state index in [0.717, 1.165) is 11.3 Å². The summed E-state index contributed by atoms with van der Waals surface area (Å²) in [5.41, 5.74) is 1.10. The van der Waals surface area contributed by atoms with E-state index >= 15 is 0 Å². The number of benzene rings is 1. The average Bonchev–Trinajstić information content (AvgIpc) is 2.19. The predicted octanol–water partition coefficient (Wildman–Crippen LogP) is 1.76. The van der Waals surface area contributed by atoms with Gasteiger partial charge in [0.1, 0.15) is 5.75 Å². The molecule has 0 bridgehead atoms. The van der Waals surface area contributed by atoms with E-state index in [0.29, 0.717) is 19.4 Å². The van der Waals surface area contributed by atoms with E-state index in [9.17, 15) is 5.11 Å². The molecule has 2 unspecified atom stereocenters. The average molecular weight is 224 g/mol. The topological polar surface area (TPSA) is 49.7 Å². The van der Waals surface area contributed by atoms with Gasteiger partial charge in [0.25, 0.3) is 0 Å². The molecule has 1 aromatic carbocycles. The van der Waals surface area contributed by atoms with Crippen molar-refractivity contribution in [3.05, 3.63) is 29.8 Å². The van der Waals surface area contributed by atoms with E-state index in [2.05, 4.69) is 0 Å². The lowest BCUT2D eigenvalue weighted by Gasteiger charge is -2.09. The molecule has 2 N–H and O–H groups in total. The van der Waals surface area contributed by atoms with Gasteiger partial charge in [-0.15, -0.1) is 0 Å². The summed E-state index contributed by atoms with van der Waals surface area (Å²) in [6.07, 6.45) is 0.653. The van der Waals surface area contributed by atoms with Crippen LogP contribution in [-0.2, 0) is 6.42 Å².